The van der Waals surface area contributed by atoms with Gasteiger partial charge in [0.15, 0.2) is 0 Å². The van der Waals surface area contributed by atoms with Crippen LogP contribution in [-0.4, -0.2) is 6.18 Å². The smallest absolute Gasteiger partial charge is 0.166 e. The van der Waals surface area contributed by atoms with Gasteiger partial charge in [0, 0.05) is 0 Å². The molecule has 0 aromatic carbocycles. The Bertz CT molecular complexity index is 219. The SMILES string of the molecule is C=C/C(C)=C\C(=C/C)C(F)(F)F.CC. The zero-order chi connectivity index (χ0) is 11.8. The second kappa shape index (κ2) is 7.42. The van der Waals surface area contributed by atoms with Gasteiger partial charge in [-0.25, -0.2) is 0 Å². The predicted molar refractivity (Wildman–Crippen MR) is 55.1 cm³/mol. The molecule has 0 atom stereocenters. The predicted octanol–water partition coefficient (Wildman–Crippen LogP) is 4.65. The van der Waals surface area contributed by atoms with Crippen molar-refractivity contribution in [1.29, 1.82) is 0 Å². The van der Waals surface area contributed by atoms with Gasteiger partial charge in [-0.05, 0) is 19.9 Å². The molecule has 0 saturated carbocycles. The average Bonchev–Trinajstić information content (AvgIpc) is 2.15. The highest BCUT2D eigenvalue weighted by Crippen LogP contribution is 2.27. The fraction of sp³-hybridized carbons (Fsp3) is 0.455. The summed E-state index contributed by atoms with van der Waals surface area (Å²) in [7, 11) is 0. The second-order valence-corrected chi connectivity index (χ2v) is 2.33. The molecule has 0 aliphatic rings. The molecule has 0 aromatic rings. The average molecular weight is 206 g/mol. The first-order valence-corrected chi connectivity index (χ1v) is 4.46. The third-order valence-electron chi connectivity index (χ3n) is 1.34. The third kappa shape index (κ3) is 6.52. The van der Waals surface area contributed by atoms with Crippen LogP contribution < -0.4 is 0 Å². The topological polar surface area (TPSA) is 0 Å². The fourth-order valence-electron chi connectivity index (χ4n) is 0.633. The molecule has 0 N–H and O–H groups in total. The van der Waals surface area contributed by atoms with Crippen LogP contribution in [0.15, 0.2) is 36.0 Å². The normalized spacial score (nSPS) is 13.1. The highest BCUT2D eigenvalue weighted by atomic mass is 19.4. The molecule has 0 aromatic heterocycles. The van der Waals surface area contributed by atoms with E-state index in [9.17, 15) is 13.2 Å². The summed E-state index contributed by atoms with van der Waals surface area (Å²) in [6.45, 7) is 10.3. The summed E-state index contributed by atoms with van der Waals surface area (Å²) in [4.78, 5) is 0. The van der Waals surface area contributed by atoms with Crippen molar-refractivity contribution in [3.05, 3.63) is 36.0 Å². The highest BCUT2D eigenvalue weighted by Gasteiger charge is 2.30. The summed E-state index contributed by atoms with van der Waals surface area (Å²) >= 11 is 0. The summed E-state index contributed by atoms with van der Waals surface area (Å²) in [5.74, 6) is 0. The van der Waals surface area contributed by atoms with Crippen LogP contribution in [-0.2, 0) is 0 Å². The van der Waals surface area contributed by atoms with Gasteiger partial charge in [-0.3, -0.25) is 0 Å². The molecule has 0 nitrogen and oxygen atoms in total. The first kappa shape index (κ1) is 15.5. The zero-order valence-corrected chi connectivity index (χ0v) is 9.07. The Morgan fingerprint density at radius 2 is 1.64 bits per heavy atom. The number of rotatable bonds is 2. The lowest BCUT2D eigenvalue weighted by Crippen LogP contribution is -2.09. The van der Waals surface area contributed by atoms with Crippen molar-refractivity contribution in [2.24, 2.45) is 0 Å². The summed E-state index contributed by atoms with van der Waals surface area (Å²) in [5, 5.41) is 0. The molecule has 0 bridgehead atoms. The molecule has 0 fully saturated rings. The maximum atomic E-state index is 12.1. The van der Waals surface area contributed by atoms with Gasteiger partial charge in [-0.15, -0.1) is 0 Å². The first-order chi connectivity index (χ1) is 6.41. The van der Waals surface area contributed by atoms with Crippen LogP contribution in [0.25, 0.3) is 0 Å². The van der Waals surface area contributed by atoms with Gasteiger partial charge >= 0.3 is 6.18 Å². The van der Waals surface area contributed by atoms with Crippen LogP contribution >= 0.6 is 0 Å². The molecule has 0 amide bonds. The minimum atomic E-state index is -4.26. The van der Waals surface area contributed by atoms with Gasteiger partial charge in [0.2, 0.25) is 0 Å². The Kier molecular flexibility index (Phi) is 8.20. The summed E-state index contributed by atoms with van der Waals surface area (Å²) in [6.07, 6.45) is -0.783. The van der Waals surface area contributed by atoms with Crippen LogP contribution in [0.2, 0.25) is 0 Å². The van der Waals surface area contributed by atoms with E-state index < -0.39 is 11.7 Å². The van der Waals surface area contributed by atoms with Gasteiger partial charge in [0.1, 0.15) is 0 Å². The molecule has 14 heavy (non-hydrogen) atoms. The van der Waals surface area contributed by atoms with Crippen molar-refractivity contribution in [3.63, 3.8) is 0 Å². The molecule has 3 heteroatoms. The number of hydrogen-bond acceptors (Lipinski definition) is 0. The molecule has 0 spiro atoms. The van der Waals surface area contributed by atoms with E-state index in [1.807, 2.05) is 13.8 Å². The van der Waals surface area contributed by atoms with Gasteiger partial charge in [0.25, 0.3) is 0 Å². The van der Waals surface area contributed by atoms with Gasteiger partial charge in [-0.2, -0.15) is 13.2 Å². The van der Waals surface area contributed by atoms with Crippen LogP contribution in [0.1, 0.15) is 27.7 Å². The lowest BCUT2D eigenvalue weighted by atomic mass is 10.1. The third-order valence-corrected chi connectivity index (χ3v) is 1.34. The van der Waals surface area contributed by atoms with E-state index in [-0.39, 0.29) is 0 Å². The standard InChI is InChI=1S/C9H11F3.C2H6/c1-4-7(3)6-8(5-2)9(10,11)12;1-2/h4-6H,1H2,2-3H3;1-2H3/b7-6-,8-5+;. The van der Waals surface area contributed by atoms with Gasteiger partial charge in [-0.1, -0.05) is 38.2 Å². The highest BCUT2D eigenvalue weighted by molar-refractivity contribution is 5.30. The maximum Gasteiger partial charge on any atom is 0.416 e. The molecule has 0 aliphatic carbocycles. The summed E-state index contributed by atoms with van der Waals surface area (Å²) in [6, 6.07) is 0. The van der Waals surface area contributed by atoms with E-state index in [0.717, 1.165) is 12.2 Å². The van der Waals surface area contributed by atoms with Crippen molar-refractivity contribution >= 4 is 0 Å². The van der Waals surface area contributed by atoms with Crippen LogP contribution in [0.3, 0.4) is 0 Å². The Morgan fingerprint density at radius 1 is 1.21 bits per heavy atom. The van der Waals surface area contributed by atoms with Gasteiger partial charge in [0.05, 0.1) is 5.57 Å². The van der Waals surface area contributed by atoms with Crippen molar-refractivity contribution in [2.75, 3.05) is 0 Å². The molecular formula is C11H17F3. The molecule has 0 saturated heterocycles. The van der Waals surface area contributed by atoms with E-state index in [0.29, 0.717) is 5.57 Å². The van der Waals surface area contributed by atoms with Crippen molar-refractivity contribution in [1.82, 2.24) is 0 Å². The number of halogens is 3. The van der Waals surface area contributed by atoms with E-state index in [1.54, 1.807) is 6.92 Å². The van der Waals surface area contributed by atoms with E-state index in [1.165, 1.54) is 13.0 Å². The largest absolute Gasteiger partial charge is 0.416 e. The van der Waals surface area contributed by atoms with E-state index >= 15 is 0 Å². The summed E-state index contributed by atoms with van der Waals surface area (Å²) < 4.78 is 36.2. The first-order valence-electron chi connectivity index (χ1n) is 4.46. The summed E-state index contributed by atoms with van der Waals surface area (Å²) in [5.41, 5.74) is -0.139. The minimum absolute atomic E-state index is 0.500. The number of hydrogen-bond donors (Lipinski definition) is 0. The molecule has 0 unspecified atom stereocenters. The molecule has 0 radical (unpaired) electrons. The molecule has 0 aliphatic heterocycles. The minimum Gasteiger partial charge on any atom is -0.166 e. The van der Waals surface area contributed by atoms with E-state index in [4.69, 9.17) is 0 Å². The quantitative estimate of drug-likeness (QED) is 0.577. The number of alkyl halides is 3. The Hall–Kier alpha value is -0.990. The maximum absolute atomic E-state index is 12.1. The monoisotopic (exact) mass is 206 g/mol. The van der Waals surface area contributed by atoms with E-state index in [2.05, 4.69) is 6.58 Å². The molecule has 0 rings (SSSR count). The molecular weight excluding hydrogens is 189 g/mol. The Balaban J connectivity index is 0. The lowest BCUT2D eigenvalue weighted by molar-refractivity contribution is -0.0883. The Labute approximate surface area is 83.8 Å². The van der Waals surface area contributed by atoms with Crippen molar-refractivity contribution in [2.45, 2.75) is 33.9 Å². The zero-order valence-electron chi connectivity index (χ0n) is 9.07. The lowest BCUT2D eigenvalue weighted by Gasteiger charge is -2.06. The Morgan fingerprint density at radius 3 is 1.86 bits per heavy atom. The fourth-order valence-corrected chi connectivity index (χ4v) is 0.633. The van der Waals surface area contributed by atoms with Crippen molar-refractivity contribution < 1.29 is 13.2 Å². The van der Waals surface area contributed by atoms with Crippen LogP contribution in [0, 0.1) is 0 Å². The molecule has 0 heterocycles. The van der Waals surface area contributed by atoms with Gasteiger partial charge < -0.3 is 0 Å². The number of allylic oxidation sites excluding steroid dienone is 5. The van der Waals surface area contributed by atoms with Crippen LogP contribution in [0.5, 0.6) is 0 Å². The second-order valence-electron chi connectivity index (χ2n) is 2.33. The molecule has 82 valence electrons. The van der Waals surface area contributed by atoms with Crippen LogP contribution in [0.4, 0.5) is 13.2 Å². The van der Waals surface area contributed by atoms with Crippen molar-refractivity contribution in [3.8, 4) is 0 Å².